The normalized spacial score (nSPS) is 10.4. The molecule has 4 nitrogen and oxygen atoms in total. The van der Waals surface area contributed by atoms with Gasteiger partial charge in [0.05, 0.1) is 11.9 Å². The average Bonchev–Trinajstić information content (AvgIpc) is 2.40. The van der Waals surface area contributed by atoms with Gasteiger partial charge >= 0.3 is 0 Å². The van der Waals surface area contributed by atoms with Crippen LogP contribution in [0.3, 0.4) is 0 Å². The Bertz CT molecular complexity index is 525. The first-order chi connectivity index (χ1) is 8.74. The predicted molar refractivity (Wildman–Crippen MR) is 73.8 cm³/mol. The minimum absolute atomic E-state index is 0.409. The van der Waals surface area contributed by atoms with Crippen LogP contribution in [0.15, 0.2) is 36.7 Å². The SMILES string of the molecule is CCN(c1cccc(C)c1)c1cncc(CN)n1. The molecule has 2 N–H and O–H groups in total. The number of nitrogens with zero attached hydrogens (tertiary/aromatic N) is 3. The summed E-state index contributed by atoms with van der Waals surface area (Å²) in [6.45, 7) is 5.43. The smallest absolute Gasteiger partial charge is 0.151 e. The van der Waals surface area contributed by atoms with Crippen molar-refractivity contribution in [3.05, 3.63) is 47.9 Å². The summed E-state index contributed by atoms with van der Waals surface area (Å²) in [5, 5.41) is 0. The second kappa shape index (κ2) is 5.60. The Kier molecular flexibility index (Phi) is 3.89. The Morgan fingerprint density at radius 3 is 2.78 bits per heavy atom. The van der Waals surface area contributed by atoms with Gasteiger partial charge in [-0.25, -0.2) is 4.98 Å². The maximum Gasteiger partial charge on any atom is 0.151 e. The fourth-order valence-electron chi connectivity index (χ4n) is 1.90. The number of nitrogens with two attached hydrogens (primary N) is 1. The zero-order chi connectivity index (χ0) is 13.0. The number of aromatic nitrogens is 2. The number of hydrogen-bond acceptors (Lipinski definition) is 4. The predicted octanol–water partition coefficient (Wildman–Crippen LogP) is 2.40. The van der Waals surface area contributed by atoms with Gasteiger partial charge in [-0.2, -0.15) is 0 Å². The molecular formula is C14H18N4. The van der Waals surface area contributed by atoms with Crippen molar-refractivity contribution in [2.75, 3.05) is 11.4 Å². The Labute approximate surface area is 107 Å². The number of aryl methyl sites for hydroxylation is 1. The highest BCUT2D eigenvalue weighted by Gasteiger charge is 2.09. The first-order valence-corrected chi connectivity index (χ1v) is 6.09. The van der Waals surface area contributed by atoms with Crippen LogP contribution in [0, 0.1) is 6.92 Å². The summed E-state index contributed by atoms with van der Waals surface area (Å²) in [7, 11) is 0. The highest BCUT2D eigenvalue weighted by molar-refractivity contribution is 5.59. The molecule has 2 rings (SSSR count). The molecule has 0 saturated carbocycles. The zero-order valence-electron chi connectivity index (χ0n) is 10.8. The van der Waals surface area contributed by atoms with Crippen LogP contribution in [-0.2, 0) is 6.54 Å². The van der Waals surface area contributed by atoms with Gasteiger partial charge in [-0.05, 0) is 31.5 Å². The highest BCUT2D eigenvalue weighted by Crippen LogP contribution is 2.23. The number of hydrogen-bond donors (Lipinski definition) is 1. The van der Waals surface area contributed by atoms with Crippen LogP contribution in [0.25, 0.3) is 0 Å². The lowest BCUT2D eigenvalue weighted by atomic mass is 10.2. The monoisotopic (exact) mass is 242 g/mol. The molecular weight excluding hydrogens is 224 g/mol. The van der Waals surface area contributed by atoms with Crippen molar-refractivity contribution < 1.29 is 0 Å². The van der Waals surface area contributed by atoms with Crippen molar-refractivity contribution in [2.24, 2.45) is 5.73 Å². The third-order valence-corrected chi connectivity index (χ3v) is 2.79. The Morgan fingerprint density at radius 2 is 2.11 bits per heavy atom. The summed E-state index contributed by atoms with van der Waals surface area (Å²) >= 11 is 0. The maximum absolute atomic E-state index is 5.60. The van der Waals surface area contributed by atoms with Crippen molar-refractivity contribution in [1.29, 1.82) is 0 Å². The molecule has 4 heteroatoms. The van der Waals surface area contributed by atoms with Crippen LogP contribution < -0.4 is 10.6 Å². The highest BCUT2D eigenvalue weighted by atomic mass is 15.2. The Hall–Kier alpha value is -1.94. The summed E-state index contributed by atoms with van der Waals surface area (Å²) in [5.41, 5.74) is 8.76. The zero-order valence-corrected chi connectivity index (χ0v) is 10.8. The van der Waals surface area contributed by atoms with Gasteiger partial charge in [-0.3, -0.25) is 4.98 Å². The topological polar surface area (TPSA) is 55.0 Å². The molecule has 0 fully saturated rings. The third-order valence-electron chi connectivity index (χ3n) is 2.79. The second-order valence-corrected chi connectivity index (χ2v) is 4.16. The van der Waals surface area contributed by atoms with Crippen molar-refractivity contribution in [3.8, 4) is 0 Å². The van der Waals surface area contributed by atoms with E-state index in [1.807, 2.05) is 6.07 Å². The van der Waals surface area contributed by atoms with E-state index in [-0.39, 0.29) is 0 Å². The molecule has 0 saturated heterocycles. The Balaban J connectivity index is 2.38. The first kappa shape index (κ1) is 12.5. The van der Waals surface area contributed by atoms with E-state index >= 15 is 0 Å². The molecule has 0 atom stereocenters. The molecule has 1 heterocycles. The van der Waals surface area contributed by atoms with Crippen molar-refractivity contribution in [1.82, 2.24) is 9.97 Å². The molecule has 94 valence electrons. The first-order valence-electron chi connectivity index (χ1n) is 6.09. The fourth-order valence-corrected chi connectivity index (χ4v) is 1.90. The van der Waals surface area contributed by atoms with Crippen LogP contribution in [-0.4, -0.2) is 16.5 Å². The van der Waals surface area contributed by atoms with E-state index in [1.165, 1.54) is 5.56 Å². The summed E-state index contributed by atoms with van der Waals surface area (Å²) in [4.78, 5) is 10.8. The van der Waals surface area contributed by atoms with Crippen molar-refractivity contribution in [2.45, 2.75) is 20.4 Å². The van der Waals surface area contributed by atoms with Gasteiger partial charge in [-0.15, -0.1) is 0 Å². The van der Waals surface area contributed by atoms with Crippen molar-refractivity contribution >= 4 is 11.5 Å². The molecule has 0 aliphatic rings. The van der Waals surface area contributed by atoms with Crippen molar-refractivity contribution in [3.63, 3.8) is 0 Å². The Morgan fingerprint density at radius 1 is 1.28 bits per heavy atom. The van der Waals surface area contributed by atoms with Gasteiger partial charge in [-0.1, -0.05) is 12.1 Å². The molecule has 0 radical (unpaired) electrons. The number of rotatable bonds is 4. The van der Waals surface area contributed by atoms with E-state index in [0.717, 1.165) is 23.7 Å². The molecule has 1 aromatic carbocycles. The average molecular weight is 242 g/mol. The molecule has 0 bridgehead atoms. The second-order valence-electron chi connectivity index (χ2n) is 4.16. The largest absolute Gasteiger partial charge is 0.325 e. The molecule has 0 aliphatic carbocycles. The standard InChI is InChI=1S/C14H18N4/c1-3-18(13-6-4-5-11(2)7-13)14-10-16-9-12(8-15)17-14/h4-7,9-10H,3,8,15H2,1-2H3. The number of anilines is 2. The van der Waals surface area contributed by atoms with E-state index < -0.39 is 0 Å². The van der Waals surface area contributed by atoms with Crippen LogP contribution >= 0.6 is 0 Å². The van der Waals surface area contributed by atoms with Crippen LogP contribution in [0.5, 0.6) is 0 Å². The number of benzene rings is 1. The summed E-state index contributed by atoms with van der Waals surface area (Å²) in [5.74, 6) is 0.839. The summed E-state index contributed by atoms with van der Waals surface area (Å²) < 4.78 is 0. The summed E-state index contributed by atoms with van der Waals surface area (Å²) in [6, 6.07) is 8.35. The van der Waals surface area contributed by atoms with Gasteiger partial charge < -0.3 is 10.6 Å². The fraction of sp³-hybridized carbons (Fsp3) is 0.286. The van der Waals surface area contributed by atoms with E-state index in [1.54, 1.807) is 12.4 Å². The lowest BCUT2D eigenvalue weighted by Gasteiger charge is -2.22. The van der Waals surface area contributed by atoms with Crippen LogP contribution in [0.2, 0.25) is 0 Å². The maximum atomic E-state index is 5.60. The molecule has 2 aromatic rings. The van der Waals surface area contributed by atoms with Gasteiger partial charge in [0.1, 0.15) is 0 Å². The van der Waals surface area contributed by atoms with E-state index in [2.05, 4.69) is 46.9 Å². The lowest BCUT2D eigenvalue weighted by molar-refractivity contribution is 0.916. The molecule has 0 aliphatic heterocycles. The van der Waals surface area contributed by atoms with Gasteiger partial charge in [0.15, 0.2) is 5.82 Å². The lowest BCUT2D eigenvalue weighted by Crippen LogP contribution is -2.18. The quantitative estimate of drug-likeness (QED) is 0.894. The molecule has 1 aromatic heterocycles. The van der Waals surface area contributed by atoms with E-state index in [4.69, 9.17) is 5.73 Å². The minimum Gasteiger partial charge on any atom is -0.325 e. The van der Waals surface area contributed by atoms with Gasteiger partial charge in [0, 0.05) is 25.0 Å². The van der Waals surface area contributed by atoms with E-state index in [9.17, 15) is 0 Å². The summed E-state index contributed by atoms with van der Waals surface area (Å²) in [6.07, 6.45) is 3.47. The molecule has 0 unspecified atom stereocenters. The van der Waals surface area contributed by atoms with Gasteiger partial charge in [0.2, 0.25) is 0 Å². The third kappa shape index (κ3) is 2.65. The van der Waals surface area contributed by atoms with E-state index in [0.29, 0.717) is 6.54 Å². The van der Waals surface area contributed by atoms with Crippen LogP contribution in [0.4, 0.5) is 11.5 Å². The van der Waals surface area contributed by atoms with Crippen LogP contribution in [0.1, 0.15) is 18.2 Å². The molecule has 0 amide bonds. The van der Waals surface area contributed by atoms with Gasteiger partial charge in [0.25, 0.3) is 0 Å². The molecule has 0 spiro atoms. The molecule has 18 heavy (non-hydrogen) atoms. The minimum atomic E-state index is 0.409.